The van der Waals surface area contributed by atoms with Crippen LogP contribution in [0.5, 0.6) is 0 Å². The van der Waals surface area contributed by atoms with Gasteiger partial charge in [-0.3, -0.25) is 4.98 Å². The summed E-state index contributed by atoms with van der Waals surface area (Å²) in [7, 11) is -2.42. The smallest absolute Gasteiger partial charge is 0.148 e. The van der Waals surface area contributed by atoms with Crippen LogP contribution in [0.15, 0.2) is 30.6 Å². The zero-order chi connectivity index (χ0) is 13.3. The quantitative estimate of drug-likeness (QED) is 0.679. The fourth-order valence-electron chi connectivity index (χ4n) is 1.65. The van der Waals surface area contributed by atoms with E-state index in [1.54, 1.807) is 31.7 Å². The number of aromatic nitrogens is 2. The third kappa shape index (κ3) is 2.71. The van der Waals surface area contributed by atoms with Crippen LogP contribution in [0.3, 0.4) is 0 Å². The van der Waals surface area contributed by atoms with E-state index in [0.29, 0.717) is 21.8 Å². The predicted octanol–water partition coefficient (Wildman–Crippen LogP) is 2.63. The minimum atomic E-state index is -2.42. The van der Waals surface area contributed by atoms with Gasteiger partial charge in [0.25, 0.3) is 0 Å². The van der Waals surface area contributed by atoms with Crippen molar-refractivity contribution in [2.75, 3.05) is 19.1 Å². The van der Waals surface area contributed by atoms with E-state index in [9.17, 15) is 4.57 Å². The molecular weight excluding hydrogens is 269 g/mol. The second kappa shape index (κ2) is 4.71. The van der Waals surface area contributed by atoms with Crippen molar-refractivity contribution in [1.82, 2.24) is 9.97 Å². The van der Waals surface area contributed by atoms with Gasteiger partial charge in [0.1, 0.15) is 12.3 Å². The van der Waals surface area contributed by atoms with Gasteiger partial charge in [0.05, 0.1) is 18.1 Å². The van der Waals surface area contributed by atoms with Crippen LogP contribution in [-0.4, -0.2) is 23.3 Å². The molecule has 6 heteroatoms. The van der Waals surface area contributed by atoms with Gasteiger partial charge < -0.3 is 10.3 Å². The van der Waals surface area contributed by atoms with Crippen molar-refractivity contribution in [3.8, 4) is 11.3 Å². The molecule has 18 heavy (non-hydrogen) atoms. The maximum atomic E-state index is 12.1. The van der Waals surface area contributed by atoms with Crippen molar-refractivity contribution in [3.63, 3.8) is 0 Å². The van der Waals surface area contributed by atoms with E-state index in [-0.39, 0.29) is 0 Å². The highest BCUT2D eigenvalue weighted by molar-refractivity contribution is 7.70. The molecule has 0 spiro atoms. The van der Waals surface area contributed by atoms with Crippen molar-refractivity contribution in [2.45, 2.75) is 0 Å². The van der Waals surface area contributed by atoms with Gasteiger partial charge in [0.2, 0.25) is 0 Å². The fraction of sp³-hybridized carbons (Fsp3) is 0.167. The largest absolute Gasteiger partial charge is 0.398 e. The standard InChI is InChI=1S/C12H13ClN3OP/c1-18(2,17)11-5-8(3-4-9(11)14)10-6-15-7-12(13)16-10/h3-7H,14H2,1-2H3. The van der Waals surface area contributed by atoms with Crippen LogP contribution in [0.2, 0.25) is 5.15 Å². The highest BCUT2D eigenvalue weighted by Crippen LogP contribution is 2.38. The van der Waals surface area contributed by atoms with E-state index in [1.165, 1.54) is 6.20 Å². The molecule has 0 bridgehead atoms. The maximum absolute atomic E-state index is 12.1. The molecule has 0 aliphatic rings. The van der Waals surface area contributed by atoms with E-state index >= 15 is 0 Å². The van der Waals surface area contributed by atoms with Gasteiger partial charge in [-0.2, -0.15) is 0 Å². The molecule has 0 aliphatic heterocycles. The van der Waals surface area contributed by atoms with Crippen LogP contribution >= 0.6 is 18.7 Å². The van der Waals surface area contributed by atoms with Crippen LogP contribution in [0.25, 0.3) is 11.3 Å². The first kappa shape index (κ1) is 13.1. The molecule has 94 valence electrons. The van der Waals surface area contributed by atoms with E-state index in [2.05, 4.69) is 9.97 Å². The molecule has 1 aromatic heterocycles. The summed E-state index contributed by atoms with van der Waals surface area (Å²) in [5.74, 6) is 0. The lowest BCUT2D eigenvalue weighted by Crippen LogP contribution is -2.10. The minimum absolute atomic E-state index is 0.321. The zero-order valence-corrected chi connectivity index (χ0v) is 11.7. The highest BCUT2D eigenvalue weighted by atomic mass is 35.5. The monoisotopic (exact) mass is 281 g/mol. The number of nitrogens with zero attached hydrogens (tertiary/aromatic N) is 2. The summed E-state index contributed by atoms with van der Waals surface area (Å²) in [6, 6.07) is 5.33. The number of hydrogen-bond acceptors (Lipinski definition) is 4. The minimum Gasteiger partial charge on any atom is -0.398 e. The Balaban J connectivity index is 2.58. The van der Waals surface area contributed by atoms with Gasteiger partial charge in [-0.15, -0.1) is 0 Å². The molecule has 4 nitrogen and oxygen atoms in total. The van der Waals surface area contributed by atoms with Crippen molar-refractivity contribution < 1.29 is 4.57 Å². The average molecular weight is 282 g/mol. The topological polar surface area (TPSA) is 68.9 Å². The maximum Gasteiger partial charge on any atom is 0.148 e. The molecule has 0 atom stereocenters. The Hall–Kier alpha value is -1.38. The first-order valence-corrected chi connectivity index (χ1v) is 8.29. The predicted molar refractivity (Wildman–Crippen MR) is 76.0 cm³/mol. The van der Waals surface area contributed by atoms with Crippen LogP contribution < -0.4 is 11.0 Å². The lowest BCUT2D eigenvalue weighted by atomic mass is 10.1. The summed E-state index contributed by atoms with van der Waals surface area (Å²) in [5, 5.41) is 0.976. The first-order valence-electron chi connectivity index (χ1n) is 5.31. The van der Waals surface area contributed by atoms with E-state index in [0.717, 1.165) is 5.56 Å². The molecule has 1 heterocycles. The molecule has 2 N–H and O–H groups in total. The SMILES string of the molecule is CP(C)(=O)c1cc(-c2cncc(Cl)n2)ccc1N. The molecule has 2 rings (SSSR count). The third-order valence-corrected chi connectivity index (χ3v) is 4.24. The summed E-state index contributed by atoms with van der Waals surface area (Å²) in [4.78, 5) is 8.15. The van der Waals surface area contributed by atoms with Gasteiger partial charge in [-0.1, -0.05) is 17.7 Å². The number of nitrogen functional groups attached to an aromatic ring is 1. The Kier molecular flexibility index (Phi) is 3.42. The Labute approximate surface area is 111 Å². The zero-order valence-electron chi connectivity index (χ0n) is 10.1. The molecule has 0 saturated carbocycles. The number of rotatable bonds is 2. The van der Waals surface area contributed by atoms with Crippen molar-refractivity contribution >= 4 is 29.7 Å². The number of benzene rings is 1. The van der Waals surface area contributed by atoms with Crippen molar-refractivity contribution in [2.24, 2.45) is 0 Å². The molecule has 0 aliphatic carbocycles. The molecule has 2 aromatic rings. The summed E-state index contributed by atoms with van der Waals surface area (Å²) in [6.45, 7) is 3.37. The van der Waals surface area contributed by atoms with Crippen LogP contribution in [0.1, 0.15) is 0 Å². The number of nitrogens with two attached hydrogens (primary N) is 1. The Morgan fingerprint density at radius 2 is 2.00 bits per heavy atom. The summed E-state index contributed by atoms with van der Waals surface area (Å²) < 4.78 is 12.1. The van der Waals surface area contributed by atoms with Crippen LogP contribution in [0.4, 0.5) is 5.69 Å². The van der Waals surface area contributed by atoms with Gasteiger partial charge in [-0.25, -0.2) is 4.98 Å². The fourth-order valence-corrected chi connectivity index (χ4v) is 2.94. The highest BCUT2D eigenvalue weighted by Gasteiger charge is 2.16. The molecule has 1 aromatic carbocycles. The molecule has 0 unspecified atom stereocenters. The lowest BCUT2D eigenvalue weighted by Gasteiger charge is -2.12. The Morgan fingerprint density at radius 3 is 2.61 bits per heavy atom. The summed E-state index contributed by atoms with van der Waals surface area (Å²) in [5.41, 5.74) is 7.82. The first-order chi connectivity index (χ1) is 8.38. The summed E-state index contributed by atoms with van der Waals surface area (Å²) >= 11 is 5.80. The van der Waals surface area contributed by atoms with E-state index in [1.807, 2.05) is 6.07 Å². The molecule has 0 radical (unpaired) electrons. The lowest BCUT2D eigenvalue weighted by molar-refractivity contribution is 0.588. The van der Waals surface area contributed by atoms with Gasteiger partial charge in [0, 0.05) is 16.6 Å². The Morgan fingerprint density at radius 1 is 1.28 bits per heavy atom. The second-order valence-corrected chi connectivity index (χ2v) is 7.92. The summed E-state index contributed by atoms with van der Waals surface area (Å²) in [6.07, 6.45) is 3.07. The van der Waals surface area contributed by atoms with Gasteiger partial charge in [-0.05, 0) is 25.5 Å². The second-order valence-electron chi connectivity index (χ2n) is 4.35. The van der Waals surface area contributed by atoms with Crippen LogP contribution in [-0.2, 0) is 4.57 Å². The Bertz CT molecular complexity index is 639. The number of halogens is 1. The molecule has 0 fully saturated rings. The van der Waals surface area contributed by atoms with Crippen molar-refractivity contribution in [1.29, 1.82) is 0 Å². The average Bonchev–Trinajstić information content (AvgIpc) is 2.28. The number of anilines is 1. The van der Waals surface area contributed by atoms with Crippen molar-refractivity contribution in [3.05, 3.63) is 35.7 Å². The van der Waals surface area contributed by atoms with E-state index in [4.69, 9.17) is 17.3 Å². The normalized spacial score (nSPS) is 11.5. The number of hydrogen-bond donors (Lipinski definition) is 1. The van der Waals surface area contributed by atoms with Crippen LogP contribution in [0, 0.1) is 0 Å². The van der Waals surface area contributed by atoms with Gasteiger partial charge >= 0.3 is 0 Å². The van der Waals surface area contributed by atoms with Gasteiger partial charge in [0.15, 0.2) is 0 Å². The molecule has 0 amide bonds. The molecule has 0 saturated heterocycles. The van der Waals surface area contributed by atoms with E-state index < -0.39 is 7.14 Å². The molecular formula is C12H13ClN3OP. The third-order valence-electron chi connectivity index (χ3n) is 2.51.